The van der Waals surface area contributed by atoms with Crippen molar-refractivity contribution in [1.82, 2.24) is 0 Å². The summed E-state index contributed by atoms with van der Waals surface area (Å²) < 4.78 is 9.83. The zero-order valence-electron chi connectivity index (χ0n) is 8.88. The van der Waals surface area contributed by atoms with Crippen LogP contribution in [0.4, 0.5) is 0 Å². The molecule has 14 heavy (non-hydrogen) atoms. The molecule has 0 unspecified atom stereocenters. The monoisotopic (exact) mass is 194 g/mol. The third-order valence-corrected chi connectivity index (χ3v) is 2.23. The summed E-state index contributed by atoms with van der Waals surface area (Å²) in [6.07, 6.45) is 0. The number of hydrogen-bond donors (Lipinski definition) is 0. The number of rotatable bonds is 2. The molecule has 0 saturated heterocycles. The topological polar surface area (TPSA) is 35.5 Å². The number of ether oxygens (including phenoxy) is 2. The lowest BCUT2D eigenvalue weighted by Crippen LogP contribution is -2.07. The summed E-state index contributed by atoms with van der Waals surface area (Å²) in [6, 6.07) is 3.69. The SMILES string of the molecule is COC(=O)c1c(C)ccc(OC)c1C. The molecule has 0 fully saturated rings. The molecule has 76 valence electrons. The van der Waals surface area contributed by atoms with E-state index in [0.717, 1.165) is 11.1 Å². The summed E-state index contributed by atoms with van der Waals surface area (Å²) in [7, 11) is 2.96. The fourth-order valence-corrected chi connectivity index (χ4v) is 1.47. The molecular formula is C11H14O3. The van der Waals surface area contributed by atoms with Gasteiger partial charge in [-0.15, -0.1) is 0 Å². The molecule has 0 radical (unpaired) electrons. The zero-order chi connectivity index (χ0) is 10.7. The molecule has 0 aromatic heterocycles. The number of carbonyl (C=O) groups is 1. The predicted molar refractivity (Wildman–Crippen MR) is 53.8 cm³/mol. The van der Waals surface area contributed by atoms with Gasteiger partial charge in [0.1, 0.15) is 5.75 Å². The molecular weight excluding hydrogens is 180 g/mol. The number of benzene rings is 1. The highest BCUT2D eigenvalue weighted by Crippen LogP contribution is 2.24. The lowest BCUT2D eigenvalue weighted by atomic mass is 10.0. The fraction of sp³-hybridized carbons (Fsp3) is 0.364. The Hall–Kier alpha value is -1.51. The van der Waals surface area contributed by atoms with E-state index in [1.807, 2.05) is 26.0 Å². The first-order chi connectivity index (χ1) is 6.61. The second-order valence-corrected chi connectivity index (χ2v) is 3.08. The molecule has 0 spiro atoms. The van der Waals surface area contributed by atoms with Crippen molar-refractivity contribution >= 4 is 5.97 Å². The maximum absolute atomic E-state index is 11.4. The van der Waals surface area contributed by atoms with Gasteiger partial charge in [-0.1, -0.05) is 6.07 Å². The van der Waals surface area contributed by atoms with Gasteiger partial charge in [0.25, 0.3) is 0 Å². The van der Waals surface area contributed by atoms with Gasteiger partial charge < -0.3 is 9.47 Å². The van der Waals surface area contributed by atoms with Crippen LogP contribution in [0.3, 0.4) is 0 Å². The van der Waals surface area contributed by atoms with E-state index in [4.69, 9.17) is 9.47 Å². The third kappa shape index (κ3) is 1.71. The normalized spacial score (nSPS) is 9.71. The lowest BCUT2D eigenvalue weighted by Gasteiger charge is -2.11. The Labute approximate surface area is 83.6 Å². The molecule has 1 aromatic carbocycles. The zero-order valence-corrected chi connectivity index (χ0v) is 8.88. The van der Waals surface area contributed by atoms with Crippen LogP contribution in [0.1, 0.15) is 21.5 Å². The lowest BCUT2D eigenvalue weighted by molar-refractivity contribution is 0.0598. The minimum absolute atomic E-state index is 0.320. The van der Waals surface area contributed by atoms with E-state index in [1.165, 1.54) is 7.11 Å². The van der Waals surface area contributed by atoms with E-state index in [1.54, 1.807) is 7.11 Å². The summed E-state index contributed by atoms with van der Waals surface area (Å²) in [5, 5.41) is 0. The van der Waals surface area contributed by atoms with E-state index < -0.39 is 0 Å². The average Bonchev–Trinajstić information content (AvgIpc) is 2.18. The maximum atomic E-state index is 11.4. The van der Waals surface area contributed by atoms with Crippen molar-refractivity contribution < 1.29 is 14.3 Å². The molecule has 0 heterocycles. The van der Waals surface area contributed by atoms with Crippen LogP contribution in [0.15, 0.2) is 12.1 Å². The Morgan fingerprint density at radius 3 is 2.36 bits per heavy atom. The van der Waals surface area contributed by atoms with Crippen LogP contribution in [0.2, 0.25) is 0 Å². The van der Waals surface area contributed by atoms with Crippen LogP contribution in [-0.2, 0) is 4.74 Å². The number of hydrogen-bond acceptors (Lipinski definition) is 3. The Morgan fingerprint density at radius 2 is 1.86 bits per heavy atom. The van der Waals surface area contributed by atoms with Crippen LogP contribution >= 0.6 is 0 Å². The van der Waals surface area contributed by atoms with Crippen molar-refractivity contribution in [2.75, 3.05) is 14.2 Å². The Balaban J connectivity index is 3.32. The van der Waals surface area contributed by atoms with Gasteiger partial charge in [0.2, 0.25) is 0 Å². The van der Waals surface area contributed by atoms with Gasteiger partial charge in [0.05, 0.1) is 19.8 Å². The van der Waals surface area contributed by atoms with Crippen LogP contribution in [0, 0.1) is 13.8 Å². The maximum Gasteiger partial charge on any atom is 0.338 e. The summed E-state index contributed by atoms with van der Waals surface area (Å²) in [6.45, 7) is 3.72. The molecule has 0 aliphatic heterocycles. The summed E-state index contributed by atoms with van der Waals surface area (Å²) in [5.41, 5.74) is 2.31. The van der Waals surface area contributed by atoms with Crippen LogP contribution < -0.4 is 4.74 Å². The van der Waals surface area contributed by atoms with E-state index in [0.29, 0.717) is 11.3 Å². The number of aryl methyl sites for hydroxylation is 1. The highest BCUT2D eigenvalue weighted by Gasteiger charge is 2.15. The van der Waals surface area contributed by atoms with E-state index in [9.17, 15) is 4.79 Å². The second-order valence-electron chi connectivity index (χ2n) is 3.08. The standard InChI is InChI=1S/C11H14O3/c1-7-5-6-9(13-3)8(2)10(7)11(12)14-4/h5-6H,1-4H3. The van der Waals surface area contributed by atoms with Gasteiger partial charge in [0.15, 0.2) is 0 Å². The molecule has 3 nitrogen and oxygen atoms in total. The predicted octanol–water partition coefficient (Wildman–Crippen LogP) is 2.10. The Kier molecular flexibility index (Phi) is 3.12. The first kappa shape index (κ1) is 10.6. The minimum atomic E-state index is -0.320. The smallest absolute Gasteiger partial charge is 0.338 e. The third-order valence-electron chi connectivity index (χ3n) is 2.23. The molecule has 3 heteroatoms. The number of methoxy groups -OCH3 is 2. The van der Waals surface area contributed by atoms with E-state index in [2.05, 4.69) is 0 Å². The van der Waals surface area contributed by atoms with Crippen molar-refractivity contribution in [1.29, 1.82) is 0 Å². The van der Waals surface area contributed by atoms with Gasteiger partial charge in [-0.25, -0.2) is 4.79 Å². The van der Waals surface area contributed by atoms with Gasteiger partial charge in [-0.2, -0.15) is 0 Å². The molecule has 0 atom stereocenters. The van der Waals surface area contributed by atoms with Crippen molar-refractivity contribution in [3.8, 4) is 5.75 Å². The van der Waals surface area contributed by atoms with Gasteiger partial charge in [0, 0.05) is 5.56 Å². The molecule has 1 rings (SSSR count). The molecule has 0 N–H and O–H groups in total. The summed E-state index contributed by atoms with van der Waals surface area (Å²) >= 11 is 0. The molecule has 0 aliphatic carbocycles. The van der Waals surface area contributed by atoms with E-state index >= 15 is 0 Å². The van der Waals surface area contributed by atoms with Crippen molar-refractivity contribution in [3.05, 3.63) is 28.8 Å². The van der Waals surface area contributed by atoms with Gasteiger partial charge in [-0.05, 0) is 25.5 Å². The first-order valence-corrected chi connectivity index (χ1v) is 4.34. The summed E-state index contributed by atoms with van der Waals surface area (Å²) in [4.78, 5) is 11.4. The fourth-order valence-electron chi connectivity index (χ4n) is 1.47. The van der Waals surface area contributed by atoms with E-state index in [-0.39, 0.29) is 5.97 Å². The van der Waals surface area contributed by atoms with Crippen molar-refractivity contribution in [3.63, 3.8) is 0 Å². The number of esters is 1. The summed E-state index contributed by atoms with van der Waals surface area (Å²) in [5.74, 6) is 0.384. The first-order valence-electron chi connectivity index (χ1n) is 4.34. The molecule has 1 aromatic rings. The average molecular weight is 194 g/mol. The number of carbonyl (C=O) groups excluding carboxylic acids is 1. The van der Waals surface area contributed by atoms with Crippen LogP contribution in [-0.4, -0.2) is 20.2 Å². The minimum Gasteiger partial charge on any atom is -0.496 e. The molecule has 0 bridgehead atoms. The largest absolute Gasteiger partial charge is 0.496 e. The highest BCUT2D eigenvalue weighted by atomic mass is 16.5. The van der Waals surface area contributed by atoms with Gasteiger partial charge in [-0.3, -0.25) is 0 Å². The van der Waals surface area contributed by atoms with Crippen molar-refractivity contribution in [2.45, 2.75) is 13.8 Å². The second kappa shape index (κ2) is 4.13. The molecule has 0 aliphatic rings. The van der Waals surface area contributed by atoms with Crippen molar-refractivity contribution in [2.24, 2.45) is 0 Å². The van der Waals surface area contributed by atoms with Crippen LogP contribution in [0.5, 0.6) is 5.75 Å². The van der Waals surface area contributed by atoms with Crippen LogP contribution in [0.25, 0.3) is 0 Å². The molecule has 0 saturated carbocycles. The van der Waals surface area contributed by atoms with Gasteiger partial charge >= 0.3 is 5.97 Å². The molecule has 0 amide bonds. The highest BCUT2D eigenvalue weighted by molar-refractivity contribution is 5.93. The Bertz CT molecular complexity index is 356. The quantitative estimate of drug-likeness (QED) is 0.676. The Morgan fingerprint density at radius 1 is 1.21 bits per heavy atom.